The maximum Gasteiger partial charge on any atom is 0.276 e. The van der Waals surface area contributed by atoms with Gasteiger partial charge in [-0.25, -0.2) is 9.97 Å². The van der Waals surface area contributed by atoms with Crippen molar-refractivity contribution in [2.24, 2.45) is 0 Å². The van der Waals surface area contributed by atoms with E-state index in [2.05, 4.69) is 20.3 Å². The first-order valence-electron chi connectivity index (χ1n) is 10.1. The van der Waals surface area contributed by atoms with Gasteiger partial charge in [-0.15, -0.1) is 0 Å². The molecular weight excluding hydrogens is 408 g/mol. The number of fused-ring (bicyclic) bond motifs is 1. The zero-order valence-electron chi connectivity index (χ0n) is 17.3. The van der Waals surface area contributed by atoms with Crippen molar-refractivity contribution in [1.82, 2.24) is 19.5 Å². The third-order valence-electron chi connectivity index (χ3n) is 4.77. The molecule has 4 aromatic rings. The predicted molar refractivity (Wildman–Crippen MR) is 119 cm³/mol. The number of amides is 1. The summed E-state index contributed by atoms with van der Waals surface area (Å²) in [4.78, 5) is 35.7. The SMILES string of the molecule is CCCn1c(-c2ccc(OCC(=O)Nc3ccc(C#N)cc3)cc2)nc2nc[nH]c(=O)c21. The molecule has 1 amide bonds. The van der Waals surface area contributed by atoms with Crippen LogP contribution in [0.4, 0.5) is 5.69 Å². The van der Waals surface area contributed by atoms with Gasteiger partial charge in [0, 0.05) is 17.8 Å². The van der Waals surface area contributed by atoms with Gasteiger partial charge in [0.1, 0.15) is 11.6 Å². The number of carbonyl (C=O) groups excluding carboxylic acids is 1. The number of hydrogen-bond acceptors (Lipinski definition) is 6. The molecule has 0 fully saturated rings. The zero-order valence-corrected chi connectivity index (χ0v) is 17.3. The fourth-order valence-electron chi connectivity index (χ4n) is 3.31. The van der Waals surface area contributed by atoms with Crippen LogP contribution in [0.15, 0.2) is 59.7 Å². The fraction of sp³-hybridized carbons (Fsp3) is 0.174. The van der Waals surface area contributed by atoms with Gasteiger partial charge < -0.3 is 19.6 Å². The molecule has 32 heavy (non-hydrogen) atoms. The van der Waals surface area contributed by atoms with Crippen LogP contribution in [0.1, 0.15) is 18.9 Å². The smallest absolute Gasteiger partial charge is 0.276 e. The number of nitrogens with zero attached hydrogens (tertiary/aromatic N) is 4. The largest absolute Gasteiger partial charge is 0.484 e. The fourth-order valence-corrected chi connectivity index (χ4v) is 3.31. The first-order chi connectivity index (χ1) is 15.6. The molecule has 2 aromatic carbocycles. The van der Waals surface area contributed by atoms with Crippen LogP contribution in [-0.4, -0.2) is 32.0 Å². The van der Waals surface area contributed by atoms with E-state index in [0.717, 1.165) is 12.0 Å². The van der Waals surface area contributed by atoms with Gasteiger partial charge in [-0.1, -0.05) is 6.92 Å². The Morgan fingerprint density at radius 2 is 1.94 bits per heavy atom. The lowest BCUT2D eigenvalue weighted by Crippen LogP contribution is -2.20. The third kappa shape index (κ3) is 4.34. The molecule has 2 N–H and O–H groups in total. The number of rotatable bonds is 7. The van der Waals surface area contributed by atoms with Gasteiger partial charge in [0.05, 0.1) is 18.0 Å². The highest BCUT2D eigenvalue weighted by molar-refractivity contribution is 5.91. The number of hydrogen-bond donors (Lipinski definition) is 2. The number of aromatic nitrogens is 4. The minimum absolute atomic E-state index is 0.160. The quantitative estimate of drug-likeness (QED) is 0.466. The van der Waals surface area contributed by atoms with E-state index in [1.165, 1.54) is 6.33 Å². The Morgan fingerprint density at radius 3 is 2.62 bits per heavy atom. The summed E-state index contributed by atoms with van der Waals surface area (Å²) in [5, 5.41) is 11.5. The van der Waals surface area contributed by atoms with E-state index >= 15 is 0 Å². The first-order valence-corrected chi connectivity index (χ1v) is 10.1. The summed E-state index contributed by atoms with van der Waals surface area (Å²) in [7, 11) is 0. The monoisotopic (exact) mass is 428 g/mol. The molecule has 160 valence electrons. The standard InChI is InChI=1S/C23H20N6O3/c1-2-11-29-20-21(25-14-26-23(20)31)28-22(29)16-5-9-18(10-6-16)32-13-19(30)27-17-7-3-15(12-24)4-8-17/h3-10,14H,2,11,13H2,1H3,(H,27,30)(H,25,26,31). The van der Waals surface area contributed by atoms with Crippen molar-refractivity contribution in [1.29, 1.82) is 5.26 Å². The lowest BCUT2D eigenvalue weighted by molar-refractivity contribution is -0.118. The molecule has 0 atom stereocenters. The van der Waals surface area contributed by atoms with E-state index in [1.54, 1.807) is 36.4 Å². The lowest BCUT2D eigenvalue weighted by atomic mass is 10.2. The van der Waals surface area contributed by atoms with E-state index in [9.17, 15) is 9.59 Å². The number of nitriles is 1. The van der Waals surface area contributed by atoms with E-state index in [-0.39, 0.29) is 18.1 Å². The van der Waals surface area contributed by atoms with Gasteiger partial charge in [-0.05, 0) is 55.0 Å². The third-order valence-corrected chi connectivity index (χ3v) is 4.77. The molecule has 0 saturated carbocycles. The minimum atomic E-state index is -0.311. The highest BCUT2D eigenvalue weighted by Crippen LogP contribution is 2.24. The van der Waals surface area contributed by atoms with Crippen LogP contribution in [0.3, 0.4) is 0 Å². The number of nitrogens with one attached hydrogen (secondary N) is 2. The molecule has 2 heterocycles. The number of imidazole rings is 1. The van der Waals surface area contributed by atoms with Crippen molar-refractivity contribution in [2.75, 3.05) is 11.9 Å². The molecule has 0 saturated heterocycles. The molecule has 0 aliphatic rings. The summed E-state index contributed by atoms with van der Waals surface area (Å²) >= 11 is 0. The van der Waals surface area contributed by atoms with E-state index in [4.69, 9.17) is 10.00 Å². The Morgan fingerprint density at radius 1 is 1.19 bits per heavy atom. The minimum Gasteiger partial charge on any atom is -0.484 e. The number of aryl methyl sites for hydroxylation is 1. The Labute approximate surface area is 183 Å². The molecule has 2 aromatic heterocycles. The molecular formula is C23H20N6O3. The summed E-state index contributed by atoms with van der Waals surface area (Å²) in [6.07, 6.45) is 2.18. The maximum absolute atomic E-state index is 12.3. The Hall–Kier alpha value is -4.45. The van der Waals surface area contributed by atoms with Gasteiger partial charge in [-0.3, -0.25) is 9.59 Å². The van der Waals surface area contributed by atoms with Crippen molar-refractivity contribution >= 4 is 22.8 Å². The van der Waals surface area contributed by atoms with Crippen LogP contribution in [0.2, 0.25) is 0 Å². The van der Waals surface area contributed by atoms with E-state index < -0.39 is 0 Å². The molecule has 0 spiro atoms. The van der Waals surface area contributed by atoms with Gasteiger partial charge in [0.15, 0.2) is 17.8 Å². The van der Waals surface area contributed by atoms with Crippen LogP contribution in [0, 0.1) is 11.3 Å². The van der Waals surface area contributed by atoms with Gasteiger partial charge in [0.2, 0.25) is 0 Å². The number of anilines is 1. The lowest BCUT2D eigenvalue weighted by Gasteiger charge is -2.09. The average molecular weight is 428 g/mol. The Balaban J connectivity index is 1.46. The normalized spacial score (nSPS) is 10.6. The molecule has 4 rings (SSSR count). The van der Waals surface area contributed by atoms with Crippen molar-refractivity contribution in [3.63, 3.8) is 0 Å². The summed E-state index contributed by atoms with van der Waals surface area (Å²) in [5.41, 5.74) is 2.54. The predicted octanol–water partition coefficient (Wildman–Crippen LogP) is 3.09. The molecule has 0 aliphatic carbocycles. The maximum atomic E-state index is 12.3. The highest BCUT2D eigenvalue weighted by Gasteiger charge is 2.16. The van der Waals surface area contributed by atoms with Crippen LogP contribution < -0.4 is 15.6 Å². The number of ether oxygens (including phenoxy) is 1. The molecule has 0 unspecified atom stereocenters. The molecule has 0 radical (unpaired) electrons. The highest BCUT2D eigenvalue weighted by atomic mass is 16.5. The van der Waals surface area contributed by atoms with E-state index in [0.29, 0.717) is 40.5 Å². The second-order valence-corrected chi connectivity index (χ2v) is 7.04. The van der Waals surface area contributed by atoms with Crippen LogP contribution >= 0.6 is 0 Å². The second-order valence-electron chi connectivity index (χ2n) is 7.04. The number of benzene rings is 2. The molecule has 9 heteroatoms. The van der Waals surface area contributed by atoms with Gasteiger partial charge in [-0.2, -0.15) is 5.26 Å². The van der Waals surface area contributed by atoms with Gasteiger partial charge >= 0.3 is 0 Å². The van der Waals surface area contributed by atoms with Crippen molar-refractivity contribution in [2.45, 2.75) is 19.9 Å². The zero-order chi connectivity index (χ0) is 22.5. The Kier molecular flexibility index (Phi) is 5.94. The number of aromatic amines is 1. The Bertz CT molecular complexity index is 1350. The number of carbonyl (C=O) groups is 1. The first kappa shape index (κ1) is 20.8. The molecule has 0 bridgehead atoms. The van der Waals surface area contributed by atoms with Gasteiger partial charge in [0.25, 0.3) is 11.5 Å². The molecule has 9 nitrogen and oxygen atoms in total. The average Bonchev–Trinajstić information content (AvgIpc) is 3.18. The molecule has 0 aliphatic heterocycles. The van der Waals surface area contributed by atoms with Crippen LogP contribution in [0.5, 0.6) is 5.75 Å². The summed E-state index contributed by atoms with van der Waals surface area (Å²) in [6, 6.07) is 15.8. The van der Waals surface area contributed by atoms with Crippen molar-refractivity contribution < 1.29 is 9.53 Å². The van der Waals surface area contributed by atoms with Crippen LogP contribution in [-0.2, 0) is 11.3 Å². The summed E-state index contributed by atoms with van der Waals surface area (Å²) < 4.78 is 7.44. The topological polar surface area (TPSA) is 126 Å². The van der Waals surface area contributed by atoms with Crippen molar-refractivity contribution in [3.8, 4) is 23.2 Å². The van der Waals surface area contributed by atoms with Crippen molar-refractivity contribution in [3.05, 3.63) is 70.8 Å². The van der Waals surface area contributed by atoms with Crippen LogP contribution in [0.25, 0.3) is 22.6 Å². The summed E-state index contributed by atoms with van der Waals surface area (Å²) in [5.74, 6) is 0.864. The second kappa shape index (κ2) is 9.14. The summed E-state index contributed by atoms with van der Waals surface area (Å²) in [6.45, 7) is 2.50. The van der Waals surface area contributed by atoms with E-state index in [1.807, 2.05) is 29.7 Å². The number of H-pyrrole nitrogens is 1.